The van der Waals surface area contributed by atoms with Crippen LogP contribution in [0.4, 0.5) is 0 Å². The quantitative estimate of drug-likeness (QED) is 0.887. The standard InChI is InChI=1S/C13H23N3O3S/c1-11-5-3-6-12(2)16(11)20(18,19)13-9-14-15(10-13)7-4-8-17/h9-12,17H,3-8H2,1-2H3/t11-,12+. The first kappa shape index (κ1) is 15.5. The van der Waals surface area contributed by atoms with Crippen LogP contribution >= 0.6 is 0 Å². The molecule has 0 bridgehead atoms. The van der Waals surface area contributed by atoms with Crippen molar-refractivity contribution >= 4 is 10.0 Å². The molecule has 6 nitrogen and oxygen atoms in total. The summed E-state index contributed by atoms with van der Waals surface area (Å²) in [5.74, 6) is 0. The van der Waals surface area contributed by atoms with E-state index in [4.69, 9.17) is 5.11 Å². The summed E-state index contributed by atoms with van der Waals surface area (Å²) in [7, 11) is -3.48. The summed E-state index contributed by atoms with van der Waals surface area (Å²) in [5, 5.41) is 12.9. The fourth-order valence-electron chi connectivity index (χ4n) is 2.83. The number of nitrogens with zero attached hydrogens (tertiary/aromatic N) is 3. The molecule has 114 valence electrons. The number of aliphatic hydroxyl groups is 1. The van der Waals surface area contributed by atoms with Crippen LogP contribution in [0.25, 0.3) is 0 Å². The van der Waals surface area contributed by atoms with E-state index in [1.165, 1.54) is 6.20 Å². The van der Waals surface area contributed by atoms with Gasteiger partial charge in [-0.05, 0) is 33.1 Å². The molecule has 0 saturated carbocycles. The van der Waals surface area contributed by atoms with Gasteiger partial charge >= 0.3 is 0 Å². The van der Waals surface area contributed by atoms with Crippen molar-refractivity contribution in [3.05, 3.63) is 12.4 Å². The Balaban J connectivity index is 2.22. The molecule has 0 unspecified atom stereocenters. The van der Waals surface area contributed by atoms with Crippen molar-refractivity contribution in [2.45, 2.75) is 63.1 Å². The average Bonchev–Trinajstić information content (AvgIpc) is 2.85. The molecule has 1 fully saturated rings. The molecule has 0 spiro atoms. The summed E-state index contributed by atoms with van der Waals surface area (Å²) in [6.45, 7) is 4.52. The minimum atomic E-state index is -3.48. The van der Waals surface area contributed by atoms with Gasteiger partial charge in [-0.25, -0.2) is 8.42 Å². The Kier molecular flexibility index (Phi) is 4.82. The van der Waals surface area contributed by atoms with Crippen molar-refractivity contribution in [3.63, 3.8) is 0 Å². The third-order valence-corrected chi connectivity index (χ3v) is 5.92. The van der Waals surface area contributed by atoms with Gasteiger partial charge in [-0.3, -0.25) is 4.68 Å². The number of aryl methyl sites for hydroxylation is 1. The molecule has 1 aromatic heterocycles. The van der Waals surface area contributed by atoms with E-state index in [2.05, 4.69) is 5.10 Å². The van der Waals surface area contributed by atoms with Gasteiger partial charge in [0, 0.05) is 31.4 Å². The predicted molar refractivity (Wildman–Crippen MR) is 75.7 cm³/mol. The normalized spacial score (nSPS) is 24.9. The van der Waals surface area contributed by atoms with Crippen molar-refractivity contribution in [3.8, 4) is 0 Å². The largest absolute Gasteiger partial charge is 0.396 e. The van der Waals surface area contributed by atoms with Gasteiger partial charge in [0.15, 0.2) is 0 Å². The van der Waals surface area contributed by atoms with E-state index in [1.807, 2.05) is 13.8 Å². The molecule has 7 heteroatoms. The number of piperidine rings is 1. The van der Waals surface area contributed by atoms with E-state index in [-0.39, 0.29) is 23.6 Å². The Morgan fingerprint density at radius 3 is 2.60 bits per heavy atom. The van der Waals surface area contributed by atoms with Crippen LogP contribution in [0.2, 0.25) is 0 Å². The van der Waals surface area contributed by atoms with Gasteiger partial charge in [-0.2, -0.15) is 9.40 Å². The van der Waals surface area contributed by atoms with Crippen LogP contribution in [-0.2, 0) is 16.6 Å². The maximum absolute atomic E-state index is 12.7. The zero-order valence-electron chi connectivity index (χ0n) is 12.1. The highest BCUT2D eigenvalue weighted by Gasteiger charge is 2.36. The summed E-state index contributed by atoms with van der Waals surface area (Å²) in [5.41, 5.74) is 0. The van der Waals surface area contributed by atoms with Gasteiger partial charge in [-0.15, -0.1) is 0 Å². The van der Waals surface area contributed by atoms with Gasteiger partial charge in [0.2, 0.25) is 10.0 Å². The summed E-state index contributed by atoms with van der Waals surface area (Å²) in [6.07, 6.45) is 6.41. The molecule has 0 radical (unpaired) electrons. The van der Waals surface area contributed by atoms with E-state index < -0.39 is 10.0 Å². The second-order valence-corrected chi connectivity index (χ2v) is 7.32. The highest BCUT2D eigenvalue weighted by Crippen LogP contribution is 2.29. The number of aliphatic hydroxyl groups excluding tert-OH is 1. The van der Waals surface area contributed by atoms with Crippen molar-refractivity contribution < 1.29 is 13.5 Å². The molecule has 2 atom stereocenters. The van der Waals surface area contributed by atoms with Crippen molar-refractivity contribution in [2.24, 2.45) is 0 Å². The fraction of sp³-hybridized carbons (Fsp3) is 0.769. The second-order valence-electron chi connectivity index (χ2n) is 5.48. The summed E-state index contributed by atoms with van der Waals surface area (Å²) in [6, 6.07) is 0.0640. The van der Waals surface area contributed by atoms with E-state index >= 15 is 0 Å². The molecular weight excluding hydrogens is 278 g/mol. The second kappa shape index (κ2) is 6.24. The first-order valence-electron chi connectivity index (χ1n) is 7.13. The molecule has 0 aliphatic carbocycles. The molecule has 0 amide bonds. The maximum atomic E-state index is 12.7. The van der Waals surface area contributed by atoms with E-state index in [9.17, 15) is 8.42 Å². The van der Waals surface area contributed by atoms with Gasteiger partial charge in [0.1, 0.15) is 4.90 Å². The Morgan fingerprint density at radius 2 is 2.00 bits per heavy atom. The number of hydrogen-bond acceptors (Lipinski definition) is 4. The third kappa shape index (κ3) is 3.05. The van der Waals surface area contributed by atoms with Crippen LogP contribution in [0.1, 0.15) is 39.5 Å². The Bertz CT molecular complexity index is 531. The fourth-order valence-corrected chi connectivity index (χ4v) is 4.66. The lowest BCUT2D eigenvalue weighted by molar-refractivity contribution is 0.204. The molecule has 2 heterocycles. The molecule has 2 rings (SSSR count). The smallest absolute Gasteiger partial charge is 0.246 e. The van der Waals surface area contributed by atoms with Crippen LogP contribution in [0.3, 0.4) is 0 Å². The SMILES string of the molecule is C[C@@H]1CCC[C@H](C)N1S(=O)(=O)c1cnn(CCCO)c1. The molecule has 1 aromatic rings. The maximum Gasteiger partial charge on any atom is 0.246 e. The third-order valence-electron chi connectivity index (χ3n) is 3.84. The lowest BCUT2D eigenvalue weighted by Crippen LogP contribution is -2.47. The lowest BCUT2D eigenvalue weighted by Gasteiger charge is -2.37. The zero-order valence-corrected chi connectivity index (χ0v) is 12.9. The van der Waals surface area contributed by atoms with E-state index in [0.29, 0.717) is 13.0 Å². The molecule has 20 heavy (non-hydrogen) atoms. The number of hydrogen-bond donors (Lipinski definition) is 1. The van der Waals surface area contributed by atoms with Crippen LogP contribution in [0, 0.1) is 0 Å². The molecule has 1 aliphatic rings. The van der Waals surface area contributed by atoms with Crippen LogP contribution in [-0.4, -0.2) is 46.3 Å². The minimum Gasteiger partial charge on any atom is -0.396 e. The van der Waals surface area contributed by atoms with Crippen LogP contribution in [0.15, 0.2) is 17.3 Å². The molecule has 1 saturated heterocycles. The number of aromatic nitrogens is 2. The topological polar surface area (TPSA) is 75.4 Å². The summed E-state index contributed by atoms with van der Waals surface area (Å²) < 4.78 is 28.6. The van der Waals surface area contributed by atoms with Gasteiger partial charge < -0.3 is 5.11 Å². The summed E-state index contributed by atoms with van der Waals surface area (Å²) in [4.78, 5) is 0.246. The minimum absolute atomic E-state index is 0.0320. The van der Waals surface area contributed by atoms with E-state index in [0.717, 1.165) is 19.3 Å². The lowest BCUT2D eigenvalue weighted by atomic mass is 10.0. The Morgan fingerprint density at radius 1 is 1.35 bits per heavy atom. The zero-order chi connectivity index (χ0) is 14.8. The van der Waals surface area contributed by atoms with Crippen molar-refractivity contribution in [1.29, 1.82) is 0 Å². The van der Waals surface area contributed by atoms with Gasteiger partial charge in [0.05, 0.1) is 6.20 Å². The molecule has 0 aromatic carbocycles. The first-order chi connectivity index (χ1) is 9.46. The monoisotopic (exact) mass is 301 g/mol. The molecular formula is C13H23N3O3S. The van der Waals surface area contributed by atoms with Crippen LogP contribution < -0.4 is 0 Å². The Hall–Kier alpha value is -0.920. The van der Waals surface area contributed by atoms with Gasteiger partial charge in [0.25, 0.3) is 0 Å². The van der Waals surface area contributed by atoms with Crippen molar-refractivity contribution in [2.75, 3.05) is 6.61 Å². The molecule has 1 N–H and O–H groups in total. The molecule has 1 aliphatic heterocycles. The van der Waals surface area contributed by atoms with Crippen LogP contribution in [0.5, 0.6) is 0 Å². The van der Waals surface area contributed by atoms with Gasteiger partial charge in [-0.1, -0.05) is 6.42 Å². The number of rotatable bonds is 5. The average molecular weight is 301 g/mol. The number of sulfonamides is 1. The predicted octanol–water partition coefficient (Wildman–Crippen LogP) is 1.22. The highest BCUT2D eigenvalue weighted by atomic mass is 32.2. The summed E-state index contributed by atoms with van der Waals surface area (Å²) >= 11 is 0. The highest BCUT2D eigenvalue weighted by molar-refractivity contribution is 7.89. The van der Waals surface area contributed by atoms with Crippen molar-refractivity contribution in [1.82, 2.24) is 14.1 Å². The van der Waals surface area contributed by atoms with E-state index in [1.54, 1.807) is 15.2 Å². The Labute approximate surface area is 120 Å². The first-order valence-corrected chi connectivity index (χ1v) is 8.57.